The van der Waals surface area contributed by atoms with Gasteiger partial charge in [0.2, 0.25) is 0 Å². The number of hydrogen-bond donors (Lipinski definition) is 1. The highest BCUT2D eigenvalue weighted by molar-refractivity contribution is 9.10. The van der Waals surface area contributed by atoms with Crippen LogP contribution in [0.25, 0.3) is 5.65 Å². The van der Waals surface area contributed by atoms with Crippen LogP contribution in [-0.4, -0.2) is 9.38 Å². The average Bonchev–Trinajstić information content (AvgIpc) is 2.31. The molecule has 0 fully saturated rings. The van der Waals surface area contributed by atoms with Crippen LogP contribution >= 0.6 is 15.9 Å². The van der Waals surface area contributed by atoms with Crippen LogP contribution in [0, 0.1) is 0 Å². The van der Waals surface area contributed by atoms with E-state index < -0.39 is 0 Å². The van der Waals surface area contributed by atoms with E-state index in [1.807, 2.05) is 28.8 Å². The Bertz CT molecular complexity index is 393. The van der Waals surface area contributed by atoms with E-state index in [0.717, 1.165) is 10.3 Å². The molecule has 4 heteroatoms. The van der Waals surface area contributed by atoms with Gasteiger partial charge in [0.1, 0.15) is 16.1 Å². The number of halogens is 1. The Morgan fingerprint density at radius 3 is 3.00 bits per heavy atom. The molecule has 2 aromatic rings. The summed E-state index contributed by atoms with van der Waals surface area (Å²) in [6, 6.07) is 5.62. The van der Waals surface area contributed by atoms with Gasteiger partial charge in [0.15, 0.2) is 0 Å². The maximum Gasteiger partial charge on any atom is 0.139 e. The van der Waals surface area contributed by atoms with Gasteiger partial charge in [-0.25, -0.2) is 4.98 Å². The molecule has 2 rings (SSSR count). The first-order chi connectivity index (χ1) is 5.27. The minimum atomic E-state index is 0.695. The molecule has 56 valence electrons. The first kappa shape index (κ1) is 6.67. The molecule has 0 atom stereocenters. The highest BCUT2D eigenvalue weighted by Crippen LogP contribution is 2.13. The quantitative estimate of drug-likeness (QED) is 0.721. The lowest BCUT2D eigenvalue weighted by atomic mass is 10.4. The van der Waals surface area contributed by atoms with Crippen molar-refractivity contribution >= 4 is 27.4 Å². The summed E-state index contributed by atoms with van der Waals surface area (Å²) in [7, 11) is 0. The zero-order chi connectivity index (χ0) is 7.84. The number of rotatable bonds is 0. The van der Waals surface area contributed by atoms with E-state index in [1.165, 1.54) is 0 Å². The number of aromatic nitrogens is 2. The number of nitrogens with two attached hydrogens (primary N) is 1. The third kappa shape index (κ3) is 0.991. The van der Waals surface area contributed by atoms with E-state index in [0.29, 0.717) is 5.82 Å². The molecule has 0 radical (unpaired) electrons. The Hall–Kier alpha value is -1.03. The standard InChI is InChI=1S/C7H6BrN3/c8-5-4-11-6(9)2-1-3-7(11)10-5/h1-4H,9H2. The monoisotopic (exact) mass is 211 g/mol. The van der Waals surface area contributed by atoms with Gasteiger partial charge in [-0.05, 0) is 28.1 Å². The third-order valence-corrected chi connectivity index (χ3v) is 1.88. The van der Waals surface area contributed by atoms with Crippen molar-refractivity contribution < 1.29 is 0 Å². The van der Waals surface area contributed by atoms with Gasteiger partial charge in [0.05, 0.1) is 0 Å². The van der Waals surface area contributed by atoms with Gasteiger partial charge >= 0.3 is 0 Å². The maximum atomic E-state index is 5.67. The summed E-state index contributed by atoms with van der Waals surface area (Å²) in [5.41, 5.74) is 6.53. The molecular formula is C7H6BrN3. The van der Waals surface area contributed by atoms with Crippen LogP contribution in [0.2, 0.25) is 0 Å². The molecule has 0 amide bonds. The Labute approximate surface area is 72.0 Å². The van der Waals surface area contributed by atoms with E-state index in [9.17, 15) is 0 Å². The predicted molar refractivity (Wildman–Crippen MR) is 47.3 cm³/mol. The van der Waals surface area contributed by atoms with Crippen LogP contribution in [0.15, 0.2) is 29.0 Å². The lowest BCUT2D eigenvalue weighted by Crippen LogP contribution is -1.93. The number of imidazole rings is 1. The van der Waals surface area contributed by atoms with Gasteiger partial charge in [-0.2, -0.15) is 0 Å². The Morgan fingerprint density at radius 1 is 1.45 bits per heavy atom. The second kappa shape index (κ2) is 2.23. The Balaban J connectivity index is 2.90. The van der Waals surface area contributed by atoms with Crippen molar-refractivity contribution in [3.8, 4) is 0 Å². The van der Waals surface area contributed by atoms with Crippen molar-refractivity contribution in [1.29, 1.82) is 0 Å². The first-order valence-electron chi connectivity index (χ1n) is 3.16. The average molecular weight is 212 g/mol. The van der Waals surface area contributed by atoms with Crippen molar-refractivity contribution in [2.75, 3.05) is 5.73 Å². The molecule has 2 heterocycles. The number of hydrogen-bond acceptors (Lipinski definition) is 2. The molecule has 0 unspecified atom stereocenters. The lowest BCUT2D eigenvalue weighted by molar-refractivity contribution is 1.20. The minimum Gasteiger partial charge on any atom is -0.385 e. The second-order valence-corrected chi connectivity index (χ2v) is 3.05. The van der Waals surface area contributed by atoms with Gasteiger partial charge in [-0.1, -0.05) is 6.07 Å². The fourth-order valence-electron chi connectivity index (χ4n) is 1.00. The summed E-state index contributed by atoms with van der Waals surface area (Å²) in [5, 5.41) is 0. The summed E-state index contributed by atoms with van der Waals surface area (Å²) in [6.07, 6.45) is 1.84. The number of nitrogens with zero attached hydrogens (tertiary/aromatic N) is 2. The van der Waals surface area contributed by atoms with Gasteiger partial charge in [0, 0.05) is 6.20 Å². The van der Waals surface area contributed by atoms with Gasteiger partial charge in [0.25, 0.3) is 0 Å². The number of pyridine rings is 1. The van der Waals surface area contributed by atoms with E-state index >= 15 is 0 Å². The second-order valence-electron chi connectivity index (χ2n) is 2.24. The molecule has 0 spiro atoms. The molecule has 0 aliphatic heterocycles. The molecule has 0 saturated carbocycles. The van der Waals surface area contributed by atoms with Crippen LogP contribution in [0.5, 0.6) is 0 Å². The summed E-state index contributed by atoms with van der Waals surface area (Å²) >= 11 is 3.27. The van der Waals surface area contributed by atoms with Gasteiger partial charge in [-0.15, -0.1) is 0 Å². The Morgan fingerprint density at radius 2 is 2.27 bits per heavy atom. The number of nitrogen functional groups attached to an aromatic ring is 1. The van der Waals surface area contributed by atoms with Crippen LogP contribution in [0.1, 0.15) is 0 Å². The fourth-order valence-corrected chi connectivity index (χ4v) is 1.39. The zero-order valence-electron chi connectivity index (χ0n) is 5.66. The predicted octanol–water partition coefficient (Wildman–Crippen LogP) is 1.68. The minimum absolute atomic E-state index is 0.695. The normalized spacial score (nSPS) is 10.6. The van der Waals surface area contributed by atoms with E-state index in [1.54, 1.807) is 0 Å². The fraction of sp³-hybridized carbons (Fsp3) is 0. The van der Waals surface area contributed by atoms with Crippen molar-refractivity contribution in [2.45, 2.75) is 0 Å². The summed E-state index contributed by atoms with van der Waals surface area (Å²) in [6.45, 7) is 0. The van der Waals surface area contributed by atoms with Crippen molar-refractivity contribution in [3.05, 3.63) is 29.0 Å². The van der Waals surface area contributed by atoms with Crippen molar-refractivity contribution in [2.24, 2.45) is 0 Å². The molecule has 0 aliphatic carbocycles. The summed E-state index contributed by atoms with van der Waals surface area (Å²) in [5.74, 6) is 0.695. The molecule has 0 bridgehead atoms. The van der Waals surface area contributed by atoms with E-state index in [4.69, 9.17) is 5.73 Å². The molecule has 11 heavy (non-hydrogen) atoms. The third-order valence-electron chi connectivity index (χ3n) is 1.49. The zero-order valence-corrected chi connectivity index (χ0v) is 7.25. The van der Waals surface area contributed by atoms with Gasteiger partial charge in [-0.3, -0.25) is 4.40 Å². The van der Waals surface area contributed by atoms with Crippen LogP contribution in [-0.2, 0) is 0 Å². The van der Waals surface area contributed by atoms with Crippen LogP contribution in [0.4, 0.5) is 5.82 Å². The molecular weight excluding hydrogens is 206 g/mol. The highest BCUT2D eigenvalue weighted by atomic mass is 79.9. The number of anilines is 1. The molecule has 0 saturated heterocycles. The molecule has 0 aliphatic rings. The molecule has 3 nitrogen and oxygen atoms in total. The molecule has 0 aromatic carbocycles. The number of fused-ring (bicyclic) bond motifs is 1. The Kier molecular flexibility index (Phi) is 1.35. The SMILES string of the molecule is Nc1cccc2nc(Br)cn12. The maximum absolute atomic E-state index is 5.67. The smallest absolute Gasteiger partial charge is 0.139 e. The van der Waals surface area contributed by atoms with Crippen molar-refractivity contribution in [3.63, 3.8) is 0 Å². The lowest BCUT2D eigenvalue weighted by Gasteiger charge is -1.95. The first-order valence-corrected chi connectivity index (χ1v) is 3.96. The molecule has 2 aromatic heterocycles. The largest absolute Gasteiger partial charge is 0.385 e. The van der Waals surface area contributed by atoms with Crippen molar-refractivity contribution in [1.82, 2.24) is 9.38 Å². The van der Waals surface area contributed by atoms with E-state index in [-0.39, 0.29) is 0 Å². The van der Waals surface area contributed by atoms with Crippen LogP contribution < -0.4 is 5.73 Å². The van der Waals surface area contributed by atoms with E-state index in [2.05, 4.69) is 20.9 Å². The topological polar surface area (TPSA) is 43.3 Å². The summed E-state index contributed by atoms with van der Waals surface area (Å²) < 4.78 is 2.62. The van der Waals surface area contributed by atoms with Crippen LogP contribution in [0.3, 0.4) is 0 Å². The molecule has 2 N–H and O–H groups in total. The van der Waals surface area contributed by atoms with Gasteiger partial charge < -0.3 is 5.73 Å². The highest BCUT2D eigenvalue weighted by Gasteiger charge is 1.98. The summed E-state index contributed by atoms with van der Waals surface area (Å²) in [4.78, 5) is 4.17.